The van der Waals surface area contributed by atoms with Crippen molar-refractivity contribution in [2.24, 2.45) is 0 Å². The molecule has 2 aromatic rings. The van der Waals surface area contributed by atoms with Gasteiger partial charge in [-0.25, -0.2) is 9.97 Å². The van der Waals surface area contributed by atoms with E-state index in [1.165, 1.54) is 48.8 Å². The number of rotatable bonds is 4. The van der Waals surface area contributed by atoms with Crippen molar-refractivity contribution in [2.75, 3.05) is 5.73 Å². The average Bonchev–Trinajstić information content (AvgIpc) is 2.85. The van der Waals surface area contributed by atoms with E-state index in [9.17, 15) is 4.79 Å². The Morgan fingerprint density at radius 1 is 1.35 bits per heavy atom. The highest BCUT2D eigenvalue weighted by Gasteiger charge is 2.21. The zero-order chi connectivity index (χ0) is 16.2. The zero-order valence-corrected chi connectivity index (χ0v) is 14.9. The van der Waals surface area contributed by atoms with Crippen LogP contribution in [0.25, 0.3) is 10.2 Å². The van der Waals surface area contributed by atoms with Crippen LogP contribution in [-0.4, -0.2) is 27.2 Å². The van der Waals surface area contributed by atoms with Crippen molar-refractivity contribution in [1.29, 1.82) is 0 Å². The van der Waals surface area contributed by atoms with E-state index >= 15 is 0 Å². The summed E-state index contributed by atoms with van der Waals surface area (Å²) in [6.45, 7) is 1.90. The molecule has 1 aliphatic carbocycles. The Hall–Kier alpha value is -1.34. The molecule has 3 rings (SSSR count). The van der Waals surface area contributed by atoms with Gasteiger partial charge in [0.05, 0.1) is 10.6 Å². The molecule has 1 fully saturated rings. The molecule has 2 heterocycles. The third-order valence-corrected chi connectivity index (χ3v) is 5.95. The van der Waals surface area contributed by atoms with Crippen LogP contribution in [0, 0.1) is 0 Å². The van der Waals surface area contributed by atoms with E-state index in [0.29, 0.717) is 17.0 Å². The van der Waals surface area contributed by atoms with Gasteiger partial charge in [0.15, 0.2) is 5.16 Å². The van der Waals surface area contributed by atoms with E-state index < -0.39 is 0 Å². The maximum absolute atomic E-state index is 12.4. The van der Waals surface area contributed by atoms with Crippen LogP contribution in [0.1, 0.15) is 45.4 Å². The predicted octanol–water partition coefficient (Wildman–Crippen LogP) is 3.59. The summed E-state index contributed by atoms with van der Waals surface area (Å²) in [5.74, 6) is 0.547. The lowest BCUT2D eigenvalue weighted by Gasteiger charge is -2.19. The second kappa shape index (κ2) is 7.49. The largest absolute Gasteiger partial charge is 0.383 e. The molecule has 1 aliphatic rings. The van der Waals surface area contributed by atoms with Crippen LogP contribution < -0.4 is 11.1 Å². The van der Waals surface area contributed by atoms with Gasteiger partial charge in [0, 0.05) is 6.04 Å². The number of nitrogen functional groups attached to an aromatic ring is 1. The van der Waals surface area contributed by atoms with Gasteiger partial charge in [0.1, 0.15) is 10.6 Å². The molecule has 5 nitrogen and oxygen atoms in total. The van der Waals surface area contributed by atoms with Gasteiger partial charge in [-0.15, -0.1) is 11.3 Å². The number of hydrogen-bond donors (Lipinski definition) is 2. The summed E-state index contributed by atoms with van der Waals surface area (Å²) in [5, 5.41) is 6.36. The molecule has 7 heteroatoms. The molecule has 0 bridgehead atoms. The van der Waals surface area contributed by atoms with E-state index in [1.54, 1.807) is 0 Å². The second-order valence-electron chi connectivity index (χ2n) is 5.99. The van der Waals surface area contributed by atoms with Crippen LogP contribution in [0.5, 0.6) is 0 Å². The summed E-state index contributed by atoms with van der Waals surface area (Å²) < 4.78 is 0. The minimum atomic E-state index is -0.227. The Labute approximate surface area is 144 Å². The van der Waals surface area contributed by atoms with Crippen molar-refractivity contribution >= 4 is 45.0 Å². The van der Waals surface area contributed by atoms with Gasteiger partial charge < -0.3 is 11.1 Å². The summed E-state index contributed by atoms with van der Waals surface area (Å²) >= 11 is 2.91. The number of thioether (sulfide) groups is 1. The fourth-order valence-corrected chi connectivity index (χ4v) is 4.48. The number of nitrogens with zero attached hydrogens (tertiary/aromatic N) is 2. The Balaban J connectivity index is 1.62. The Bertz CT molecular complexity index is 680. The Morgan fingerprint density at radius 3 is 2.83 bits per heavy atom. The number of nitrogens with one attached hydrogen (secondary N) is 1. The minimum absolute atomic E-state index is 0.0651. The van der Waals surface area contributed by atoms with Crippen molar-refractivity contribution in [2.45, 2.75) is 61.9 Å². The summed E-state index contributed by atoms with van der Waals surface area (Å²) in [6, 6.07) is 2.24. The molecule has 0 aliphatic heterocycles. The lowest BCUT2D eigenvalue weighted by molar-refractivity contribution is -0.121. The van der Waals surface area contributed by atoms with E-state index in [0.717, 1.165) is 23.1 Å². The second-order valence-corrected chi connectivity index (χ2v) is 8.19. The van der Waals surface area contributed by atoms with Gasteiger partial charge in [0.25, 0.3) is 0 Å². The standard InChI is InChI=1S/C16H22N4OS2/c1-10(14(21)18-11-6-4-2-3-5-7-11)23-16-19-13(17)12-8-9-22-15(12)20-16/h8-11H,2-7H2,1H3,(H,18,21)(H2,17,19,20)/t10-/m1/s1. The third kappa shape index (κ3) is 4.14. The van der Waals surface area contributed by atoms with Crippen molar-refractivity contribution in [3.8, 4) is 0 Å². The van der Waals surface area contributed by atoms with Crippen LogP contribution in [0.4, 0.5) is 5.82 Å². The molecule has 0 aromatic carbocycles. The van der Waals surface area contributed by atoms with Gasteiger partial charge in [0.2, 0.25) is 5.91 Å². The number of hydrogen-bond acceptors (Lipinski definition) is 6. The fraction of sp³-hybridized carbons (Fsp3) is 0.562. The number of aromatic nitrogens is 2. The van der Waals surface area contributed by atoms with Crippen LogP contribution in [0.15, 0.2) is 16.6 Å². The average molecular weight is 351 g/mol. The Morgan fingerprint density at radius 2 is 2.09 bits per heavy atom. The lowest BCUT2D eigenvalue weighted by atomic mass is 10.1. The molecule has 0 radical (unpaired) electrons. The van der Waals surface area contributed by atoms with Crippen LogP contribution in [0.3, 0.4) is 0 Å². The molecule has 0 saturated heterocycles. The number of carbonyl (C=O) groups is 1. The van der Waals surface area contributed by atoms with Crippen LogP contribution >= 0.6 is 23.1 Å². The number of fused-ring (bicyclic) bond motifs is 1. The molecular formula is C16H22N4OS2. The third-order valence-electron chi connectivity index (χ3n) is 4.19. The topological polar surface area (TPSA) is 80.9 Å². The van der Waals surface area contributed by atoms with E-state index in [1.807, 2.05) is 18.4 Å². The molecule has 1 saturated carbocycles. The SMILES string of the molecule is C[C@@H](Sc1nc(N)c2ccsc2n1)C(=O)NC1CCCCCC1. The van der Waals surface area contributed by atoms with Crippen LogP contribution in [-0.2, 0) is 4.79 Å². The van der Waals surface area contributed by atoms with Gasteiger partial charge in [-0.3, -0.25) is 4.79 Å². The lowest BCUT2D eigenvalue weighted by Crippen LogP contribution is -2.39. The number of carbonyl (C=O) groups excluding carboxylic acids is 1. The minimum Gasteiger partial charge on any atom is -0.383 e. The number of anilines is 1. The number of nitrogens with two attached hydrogens (primary N) is 1. The van der Waals surface area contributed by atoms with E-state index in [4.69, 9.17) is 5.73 Å². The molecule has 0 spiro atoms. The first-order chi connectivity index (χ1) is 11.1. The van der Waals surface area contributed by atoms with E-state index in [2.05, 4.69) is 15.3 Å². The molecule has 1 atom stereocenters. The fourth-order valence-electron chi connectivity index (χ4n) is 2.86. The van der Waals surface area contributed by atoms with Gasteiger partial charge in [-0.2, -0.15) is 0 Å². The molecule has 124 valence electrons. The maximum Gasteiger partial charge on any atom is 0.233 e. The molecule has 2 aromatic heterocycles. The zero-order valence-electron chi connectivity index (χ0n) is 13.2. The highest BCUT2D eigenvalue weighted by atomic mass is 32.2. The first kappa shape index (κ1) is 16.5. The summed E-state index contributed by atoms with van der Waals surface area (Å²) in [7, 11) is 0. The van der Waals surface area contributed by atoms with Crippen LogP contribution in [0.2, 0.25) is 0 Å². The van der Waals surface area contributed by atoms with Crippen molar-refractivity contribution in [1.82, 2.24) is 15.3 Å². The van der Waals surface area contributed by atoms with Crippen molar-refractivity contribution in [3.63, 3.8) is 0 Å². The highest BCUT2D eigenvalue weighted by Crippen LogP contribution is 2.28. The van der Waals surface area contributed by atoms with Crippen molar-refractivity contribution < 1.29 is 4.79 Å². The Kier molecular flexibility index (Phi) is 5.38. The maximum atomic E-state index is 12.4. The first-order valence-electron chi connectivity index (χ1n) is 8.11. The van der Waals surface area contributed by atoms with Gasteiger partial charge in [-0.05, 0) is 31.2 Å². The monoisotopic (exact) mass is 350 g/mol. The molecule has 0 unspecified atom stereocenters. The summed E-state index contributed by atoms with van der Waals surface area (Å²) in [4.78, 5) is 22.1. The summed E-state index contributed by atoms with van der Waals surface area (Å²) in [5.41, 5.74) is 5.96. The quantitative estimate of drug-likeness (QED) is 0.500. The normalized spacial score (nSPS) is 17.8. The van der Waals surface area contributed by atoms with Crippen molar-refractivity contribution in [3.05, 3.63) is 11.4 Å². The smallest absolute Gasteiger partial charge is 0.233 e. The number of thiophene rings is 1. The molecular weight excluding hydrogens is 328 g/mol. The van der Waals surface area contributed by atoms with Gasteiger partial charge >= 0.3 is 0 Å². The molecule has 3 N–H and O–H groups in total. The molecule has 23 heavy (non-hydrogen) atoms. The van der Waals surface area contributed by atoms with Gasteiger partial charge in [-0.1, -0.05) is 37.4 Å². The first-order valence-corrected chi connectivity index (χ1v) is 9.87. The van der Waals surface area contributed by atoms with E-state index in [-0.39, 0.29) is 11.2 Å². The number of amides is 1. The highest BCUT2D eigenvalue weighted by molar-refractivity contribution is 8.00. The summed E-state index contributed by atoms with van der Waals surface area (Å²) in [6.07, 6.45) is 7.17. The predicted molar refractivity (Wildman–Crippen MR) is 96.8 cm³/mol. The molecule has 1 amide bonds.